The number of pyridine rings is 3. The number of nitrogens with zero attached hydrogens (tertiary/aromatic N) is 4. The largest absolute Gasteiger partial charge is 0.327 e. The highest BCUT2D eigenvalue weighted by Crippen LogP contribution is 2.11. The predicted octanol–water partition coefficient (Wildman–Crippen LogP) is 2.71. The summed E-state index contributed by atoms with van der Waals surface area (Å²) in [6.45, 7) is 0.844. The second-order valence-corrected chi connectivity index (χ2v) is 5.05. The van der Waals surface area contributed by atoms with Crippen LogP contribution in [0.4, 0.5) is 0 Å². The number of carbonyl (C=O) groups is 1. The maximum Gasteiger partial charge on any atom is 0.256 e. The van der Waals surface area contributed by atoms with E-state index in [9.17, 15) is 4.79 Å². The molecule has 0 spiro atoms. The van der Waals surface area contributed by atoms with Gasteiger partial charge in [0.15, 0.2) is 0 Å². The summed E-state index contributed by atoms with van der Waals surface area (Å²) < 4.78 is 0. The van der Waals surface area contributed by atoms with Gasteiger partial charge in [-0.2, -0.15) is 0 Å². The predicted molar refractivity (Wildman–Crippen MR) is 86.3 cm³/mol. The van der Waals surface area contributed by atoms with Gasteiger partial charge < -0.3 is 4.90 Å². The van der Waals surface area contributed by atoms with Gasteiger partial charge in [0.25, 0.3) is 5.91 Å². The SMILES string of the molecule is O=C(c1cccnc1)N(Cc1ccccn1)Cc1ccccn1. The van der Waals surface area contributed by atoms with E-state index in [1.54, 1.807) is 41.8 Å². The van der Waals surface area contributed by atoms with E-state index in [-0.39, 0.29) is 5.91 Å². The van der Waals surface area contributed by atoms with Crippen molar-refractivity contribution < 1.29 is 4.79 Å². The normalized spacial score (nSPS) is 10.3. The molecule has 0 atom stereocenters. The molecule has 0 saturated heterocycles. The molecular weight excluding hydrogens is 288 g/mol. The summed E-state index contributed by atoms with van der Waals surface area (Å²) >= 11 is 0. The summed E-state index contributed by atoms with van der Waals surface area (Å²) in [5.74, 6) is -0.0885. The molecule has 114 valence electrons. The molecule has 0 aliphatic rings. The van der Waals surface area contributed by atoms with Gasteiger partial charge in [-0.05, 0) is 36.4 Å². The molecule has 0 unspecified atom stereocenters. The van der Waals surface area contributed by atoms with Crippen LogP contribution in [0.2, 0.25) is 0 Å². The van der Waals surface area contributed by atoms with E-state index in [2.05, 4.69) is 15.0 Å². The third-order valence-electron chi connectivity index (χ3n) is 3.35. The Hall–Kier alpha value is -3.08. The highest BCUT2D eigenvalue weighted by atomic mass is 16.2. The first-order valence-electron chi connectivity index (χ1n) is 7.32. The quantitative estimate of drug-likeness (QED) is 0.727. The molecule has 0 N–H and O–H groups in total. The van der Waals surface area contributed by atoms with Crippen molar-refractivity contribution in [3.05, 3.63) is 90.3 Å². The summed E-state index contributed by atoms with van der Waals surface area (Å²) in [6.07, 6.45) is 6.68. The molecule has 0 aliphatic carbocycles. The van der Waals surface area contributed by atoms with Crippen LogP contribution in [0, 0.1) is 0 Å². The molecule has 3 rings (SSSR count). The number of carbonyl (C=O) groups excluding carboxylic acids is 1. The number of hydrogen-bond acceptors (Lipinski definition) is 4. The van der Waals surface area contributed by atoms with Gasteiger partial charge in [0.1, 0.15) is 0 Å². The van der Waals surface area contributed by atoms with Gasteiger partial charge in [0.2, 0.25) is 0 Å². The third-order valence-corrected chi connectivity index (χ3v) is 3.35. The minimum absolute atomic E-state index is 0.0885. The lowest BCUT2D eigenvalue weighted by atomic mass is 10.2. The lowest BCUT2D eigenvalue weighted by molar-refractivity contribution is 0.0725. The molecule has 0 aromatic carbocycles. The topological polar surface area (TPSA) is 59.0 Å². The molecule has 3 heterocycles. The summed E-state index contributed by atoms with van der Waals surface area (Å²) in [7, 11) is 0. The number of rotatable bonds is 5. The van der Waals surface area contributed by atoms with Gasteiger partial charge in [0.05, 0.1) is 30.0 Å². The van der Waals surface area contributed by atoms with Crippen molar-refractivity contribution in [1.29, 1.82) is 0 Å². The molecule has 3 aromatic rings. The number of aromatic nitrogens is 3. The van der Waals surface area contributed by atoms with E-state index in [0.29, 0.717) is 18.7 Å². The highest BCUT2D eigenvalue weighted by Gasteiger charge is 2.17. The van der Waals surface area contributed by atoms with E-state index in [1.165, 1.54) is 0 Å². The number of amides is 1. The number of hydrogen-bond donors (Lipinski definition) is 0. The van der Waals surface area contributed by atoms with Crippen LogP contribution in [-0.4, -0.2) is 25.8 Å². The van der Waals surface area contributed by atoms with Crippen molar-refractivity contribution in [2.45, 2.75) is 13.1 Å². The lowest BCUT2D eigenvalue weighted by Crippen LogP contribution is -2.30. The zero-order valence-electron chi connectivity index (χ0n) is 12.5. The molecule has 0 fully saturated rings. The molecule has 0 radical (unpaired) electrons. The van der Waals surface area contributed by atoms with E-state index in [1.807, 2.05) is 36.4 Å². The molecule has 3 aromatic heterocycles. The Kier molecular flexibility index (Phi) is 4.69. The minimum Gasteiger partial charge on any atom is -0.327 e. The maximum atomic E-state index is 12.8. The Morgan fingerprint density at radius 2 is 1.48 bits per heavy atom. The van der Waals surface area contributed by atoms with Crippen molar-refractivity contribution >= 4 is 5.91 Å². The Balaban J connectivity index is 1.85. The van der Waals surface area contributed by atoms with Crippen LogP contribution in [0.25, 0.3) is 0 Å². The first-order chi connectivity index (χ1) is 11.3. The van der Waals surface area contributed by atoms with Crippen LogP contribution in [0.3, 0.4) is 0 Å². The van der Waals surface area contributed by atoms with Gasteiger partial charge in [0, 0.05) is 24.8 Å². The molecule has 0 bridgehead atoms. The average molecular weight is 304 g/mol. The average Bonchev–Trinajstić information content (AvgIpc) is 2.63. The molecule has 5 nitrogen and oxygen atoms in total. The van der Waals surface area contributed by atoms with Gasteiger partial charge in [-0.15, -0.1) is 0 Å². The van der Waals surface area contributed by atoms with Gasteiger partial charge in [-0.25, -0.2) is 0 Å². The molecule has 5 heteroatoms. The molecule has 1 amide bonds. The smallest absolute Gasteiger partial charge is 0.256 e. The monoisotopic (exact) mass is 304 g/mol. The molecule has 23 heavy (non-hydrogen) atoms. The lowest BCUT2D eigenvalue weighted by Gasteiger charge is -2.22. The summed E-state index contributed by atoms with van der Waals surface area (Å²) in [5, 5.41) is 0. The van der Waals surface area contributed by atoms with E-state index in [4.69, 9.17) is 0 Å². The standard InChI is InChI=1S/C18H16N4O/c23-18(15-6-5-9-19-12-15)22(13-16-7-1-3-10-20-16)14-17-8-2-4-11-21-17/h1-12H,13-14H2. The van der Waals surface area contributed by atoms with E-state index < -0.39 is 0 Å². The van der Waals surface area contributed by atoms with Crippen LogP contribution in [-0.2, 0) is 13.1 Å². The van der Waals surface area contributed by atoms with Gasteiger partial charge in [-0.1, -0.05) is 12.1 Å². The molecule has 0 aliphatic heterocycles. The van der Waals surface area contributed by atoms with Crippen molar-refractivity contribution in [3.63, 3.8) is 0 Å². The second kappa shape index (κ2) is 7.26. The fourth-order valence-electron chi connectivity index (χ4n) is 2.25. The van der Waals surface area contributed by atoms with Crippen molar-refractivity contribution in [2.24, 2.45) is 0 Å². The van der Waals surface area contributed by atoms with Crippen molar-refractivity contribution in [3.8, 4) is 0 Å². The van der Waals surface area contributed by atoms with Crippen molar-refractivity contribution in [1.82, 2.24) is 19.9 Å². The van der Waals surface area contributed by atoms with Crippen LogP contribution < -0.4 is 0 Å². The fraction of sp³-hybridized carbons (Fsp3) is 0.111. The maximum absolute atomic E-state index is 12.8. The first kappa shape index (κ1) is 14.8. The van der Waals surface area contributed by atoms with E-state index >= 15 is 0 Å². The Labute approximate surface area is 134 Å². The van der Waals surface area contributed by atoms with E-state index in [0.717, 1.165) is 11.4 Å². The van der Waals surface area contributed by atoms with Crippen LogP contribution >= 0.6 is 0 Å². The van der Waals surface area contributed by atoms with Crippen LogP contribution in [0.15, 0.2) is 73.3 Å². The van der Waals surface area contributed by atoms with Crippen molar-refractivity contribution in [2.75, 3.05) is 0 Å². The van der Waals surface area contributed by atoms with Gasteiger partial charge in [-0.3, -0.25) is 19.7 Å². The summed E-state index contributed by atoms with van der Waals surface area (Å²) in [4.78, 5) is 27.1. The zero-order chi connectivity index (χ0) is 15.9. The fourth-order valence-corrected chi connectivity index (χ4v) is 2.25. The Morgan fingerprint density at radius 1 is 0.826 bits per heavy atom. The Morgan fingerprint density at radius 3 is 1.96 bits per heavy atom. The zero-order valence-corrected chi connectivity index (χ0v) is 12.5. The molecular formula is C18H16N4O. The van der Waals surface area contributed by atoms with Crippen LogP contribution in [0.5, 0.6) is 0 Å². The first-order valence-corrected chi connectivity index (χ1v) is 7.32. The Bertz CT molecular complexity index is 706. The summed E-state index contributed by atoms with van der Waals surface area (Å²) in [5.41, 5.74) is 2.22. The van der Waals surface area contributed by atoms with Crippen LogP contribution in [0.1, 0.15) is 21.7 Å². The second-order valence-electron chi connectivity index (χ2n) is 5.05. The summed E-state index contributed by atoms with van der Waals surface area (Å²) in [6, 6.07) is 14.9. The third kappa shape index (κ3) is 3.97. The van der Waals surface area contributed by atoms with Gasteiger partial charge >= 0.3 is 0 Å². The molecule has 0 saturated carbocycles. The highest BCUT2D eigenvalue weighted by molar-refractivity contribution is 5.93. The minimum atomic E-state index is -0.0885.